The molecular weight excluding hydrogens is 304 g/mol. The van der Waals surface area contributed by atoms with E-state index in [-0.39, 0.29) is 18.1 Å². The van der Waals surface area contributed by atoms with Gasteiger partial charge < -0.3 is 10.4 Å². The van der Waals surface area contributed by atoms with Crippen LogP contribution in [0.1, 0.15) is 30.8 Å². The Hall–Kier alpha value is -2.14. The Morgan fingerprint density at radius 1 is 1.27 bits per heavy atom. The van der Waals surface area contributed by atoms with Crippen LogP contribution in [0.15, 0.2) is 30.3 Å². The number of halogens is 1. The van der Waals surface area contributed by atoms with Gasteiger partial charge in [0.25, 0.3) is 5.91 Å². The first kappa shape index (κ1) is 16.2. The van der Waals surface area contributed by atoms with Crippen molar-refractivity contribution in [2.75, 3.05) is 6.54 Å². The summed E-state index contributed by atoms with van der Waals surface area (Å²) >= 11 is 5.92. The molecule has 5 nitrogen and oxygen atoms in total. The number of rotatable bonds is 5. The third kappa shape index (κ3) is 3.74. The second-order valence-electron chi connectivity index (χ2n) is 5.73. The van der Waals surface area contributed by atoms with Crippen LogP contribution in [0.25, 0.3) is 10.9 Å². The van der Waals surface area contributed by atoms with Gasteiger partial charge in [-0.1, -0.05) is 23.7 Å². The van der Waals surface area contributed by atoms with E-state index in [2.05, 4.69) is 10.3 Å². The first-order chi connectivity index (χ1) is 10.3. The van der Waals surface area contributed by atoms with E-state index in [4.69, 9.17) is 16.7 Å². The number of hydrogen-bond donors (Lipinski definition) is 2. The molecule has 2 aromatic rings. The molecule has 0 saturated heterocycles. The van der Waals surface area contributed by atoms with Crippen LogP contribution in [0, 0.1) is 5.41 Å². The monoisotopic (exact) mass is 320 g/mol. The van der Waals surface area contributed by atoms with Crippen LogP contribution < -0.4 is 5.32 Å². The highest BCUT2D eigenvalue weighted by molar-refractivity contribution is 6.31. The number of hydrogen-bond acceptors (Lipinski definition) is 3. The van der Waals surface area contributed by atoms with Crippen molar-refractivity contribution in [3.05, 3.63) is 41.0 Å². The minimum Gasteiger partial charge on any atom is -0.481 e. The van der Waals surface area contributed by atoms with Crippen LogP contribution in [0.3, 0.4) is 0 Å². The first-order valence-corrected chi connectivity index (χ1v) is 7.25. The number of amides is 1. The summed E-state index contributed by atoms with van der Waals surface area (Å²) in [6, 6.07) is 8.73. The molecule has 1 aromatic carbocycles. The molecule has 1 heterocycles. The van der Waals surface area contributed by atoms with Crippen molar-refractivity contribution in [2.45, 2.75) is 20.3 Å². The van der Waals surface area contributed by atoms with E-state index in [1.807, 2.05) is 6.07 Å². The molecule has 0 bridgehead atoms. The summed E-state index contributed by atoms with van der Waals surface area (Å²) in [4.78, 5) is 27.4. The molecule has 0 spiro atoms. The molecule has 6 heteroatoms. The molecule has 22 heavy (non-hydrogen) atoms. The zero-order valence-corrected chi connectivity index (χ0v) is 13.1. The number of aliphatic carboxylic acids is 1. The third-order valence-electron chi connectivity index (χ3n) is 3.50. The highest BCUT2D eigenvalue weighted by Crippen LogP contribution is 2.20. The molecule has 2 N–H and O–H groups in total. The zero-order valence-electron chi connectivity index (χ0n) is 12.4. The lowest BCUT2D eigenvalue weighted by Gasteiger charge is -2.18. The fraction of sp³-hybridized carbons (Fsp3) is 0.312. The molecule has 1 aromatic heterocycles. The fourth-order valence-corrected chi connectivity index (χ4v) is 2.07. The molecule has 0 aliphatic heterocycles. The van der Waals surface area contributed by atoms with E-state index < -0.39 is 11.4 Å². The molecule has 0 saturated carbocycles. The number of nitrogens with zero attached hydrogens (tertiary/aromatic N) is 1. The quantitative estimate of drug-likeness (QED) is 0.887. The van der Waals surface area contributed by atoms with Gasteiger partial charge >= 0.3 is 5.97 Å². The maximum Gasteiger partial charge on any atom is 0.309 e. The van der Waals surface area contributed by atoms with Gasteiger partial charge in [0, 0.05) is 17.0 Å². The molecular formula is C16H17ClN2O3. The van der Waals surface area contributed by atoms with Gasteiger partial charge in [-0.25, -0.2) is 4.98 Å². The number of carbonyl (C=O) groups excluding carboxylic acids is 1. The molecule has 0 aliphatic rings. The Bertz CT molecular complexity index is 728. The minimum absolute atomic E-state index is 0.271. The Kier molecular flexibility index (Phi) is 4.66. The molecule has 1 amide bonds. The van der Waals surface area contributed by atoms with Gasteiger partial charge in [-0.15, -0.1) is 0 Å². The van der Waals surface area contributed by atoms with Crippen molar-refractivity contribution in [3.8, 4) is 0 Å². The number of benzene rings is 1. The Morgan fingerprint density at radius 3 is 2.64 bits per heavy atom. The average Bonchev–Trinajstić information content (AvgIpc) is 2.45. The van der Waals surface area contributed by atoms with Crippen molar-refractivity contribution in [2.24, 2.45) is 5.41 Å². The lowest BCUT2D eigenvalue weighted by molar-refractivity contribution is -0.147. The summed E-state index contributed by atoms with van der Waals surface area (Å²) in [6.45, 7) is 3.52. The largest absolute Gasteiger partial charge is 0.481 e. The first-order valence-electron chi connectivity index (χ1n) is 6.87. The summed E-state index contributed by atoms with van der Waals surface area (Å²) in [6.07, 6.45) is 0.341. The van der Waals surface area contributed by atoms with Crippen LogP contribution >= 0.6 is 11.6 Å². The number of aromatic nitrogens is 1. The number of nitrogens with one attached hydrogen (secondary N) is 1. The highest BCUT2D eigenvalue weighted by atomic mass is 35.5. The maximum absolute atomic E-state index is 12.1. The summed E-state index contributed by atoms with van der Waals surface area (Å²) in [5.74, 6) is -1.22. The number of fused-ring (bicyclic) bond motifs is 1. The predicted octanol–water partition coefficient (Wildman–Crippen LogP) is 3.12. The highest BCUT2D eigenvalue weighted by Gasteiger charge is 2.26. The van der Waals surface area contributed by atoms with E-state index in [9.17, 15) is 9.59 Å². The molecule has 0 radical (unpaired) electrons. The van der Waals surface area contributed by atoms with E-state index in [1.54, 1.807) is 38.1 Å². The number of carbonyl (C=O) groups is 2. The molecule has 116 valence electrons. The van der Waals surface area contributed by atoms with Crippen molar-refractivity contribution < 1.29 is 14.7 Å². The SMILES string of the molecule is CC(C)(CCNC(=O)c1ccc2ccc(Cl)cc2n1)C(=O)O. The molecule has 0 fully saturated rings. The van der Waals surface area contributed by atoms with Crippen LogP contribution in [0.2, 0.25) is 5.02 Å². The summed E-state index contributed by atoms with van der Waals surface area (Å²) in [7, 11) is 0. The minimum atomic E-state index is -0.889. The Morgan fingerprint density at radius 2 is 1.95 bits per heavy atom. The van der Waals surface area contributed by atoms with Crippen molar-refractivity contribution in [3.63, 3.8) is 0 Å². The summed E-state index contributed by atoms with van der Waals surface area (Å²) in [5, 5.41) is 13.2. The van der Waals surface area contributed by atoms with Crippen LogP contribution in [0.5, 0.6) is 0 Å². The summed E-state index contributed by atoms with van der Waals surface area (Å²) in [5.41, 5.74) is 0.0476. The molecule has 2 rings (SSSR count). The van der Waals surface area contributed by atoms with E-state index in [1.165, 1.54) is 0 Å². The van der Waals surface area contributed by atoms with Gasteiger partial charge in [-0.2, -0.15) is 0 Å². The van der Waals surface area contributed by atoms with Gasteiger partial charge in [0.1, 0.15) is 5.69 Å². The molecule has 0 atom stereocenters. The Balaban J connectivity index is 2.05. The van der Waals surface area contributed by atoms with E-state index in [0.29, 0.717) is 17.0 Å². The number of pyridine rings is 1. The van der Waals surface area contributed by atoms with Crippen molar-refractivity contribution >= 4 is 34.4 Å². The second-order valence-corrected chi connectivity index (χ2v) is 6.16. The zero-order chi connectivity index (χ0) is 16.3. The van der Waals surface area contributed by atoms with Gasteiger partial charge in [-0.05, 0) is 38.5 Å². The van der Waals surface area contributed by atoms with Gasteiger partial charge in [0.2, 0.25) is 0 Å². The molecule has 0 aliphatic carbocycles. The maximum atomic E-state index is 12.1. The Labute approximate surface area is 133 Å². The fourth-order valence-electron chi connectivity index (χ4n) is 1.90. The normalized spacial score (nSPS) is 11.4. The van der Waals surface area contributed by atoms with Gasteiger partial charge in [0.05, 0.1) is 10.9 Å². The van der Waals surface area contributed by atoms with E-state index in [0.717, 1.165) is 5.39 Å². The standard InChI is InChI=1S/C16H17ClN2O3/c1-16(2,15(21)22)7-8-18-14(20)12-6-4-10-3-5-11(17)9-13(10)19-12/h3-6,9H,7-8H2,1-2H3,(H,18,20)(H,21,22). The molecule has 0 unspecified atom stereocenters. The second kappa shape index (κ2) is 6.32. The predicted molar refractivity (Wildman–Crippen MR) is 85.1 cm³/mol. The van der Waals surface area contributed by atoms with Crippen molar-refractivity contribution in [1.82, 2.24) is 10.3 Å². The van der Waals surface area contributed by atoms with Crippen molar-refractivity contribution in [1.29, 1.82) is 0 Å². The topological polar surface area (TPSA) is 79.3 Å². The van der Waals surface area contributed by atoms with Gasteiger partial charge in [0.15, 0.2) is 0 Å². The van der Waals surface area contributed by atoms with Crippen LogP contribution in [-0.4, -0.2) is 28.5 Å². The van der Waals surface area contributed by atoms with Crippen LogP contribution in [0.4, 0.5) is 0 Å². The lowest BCUT2D eigenvalue weighted by atomic mass is 9.90. The number of carboxylic acid groups (broad SMARTS) is 1. The summed E-state index contributed by atoms with van der Waals surface area (Å²) < 4.78 is 0. The van der Waals surface area contributed by atoms with E-state index >= 15 is 0 Å². The van der Waals surface area contributed by atoms with Crippen LogP contribution in [-0.2, 0) is 4.79 Å². The lowest BCUT2D eigenvalue weighted by Crippen LogP contribution is -2.32. The average molecular weight is 321 g/mol. The third-order valence-corrected chi connectivity index (χ3v) is 3.74. The van der Waals surface area contributed by atoms with Gasteiger partial charge in [-0.3, -0.25) is 9.59 Å². The number of carboxylic acids is 1. The smallest absolute Gasteiger partial charge is 0.309 e.